The van der Waals surface area contributed by atoms with E-state index in [0.717, 1.165) is 42.1 Å². The summed E-state index contributed by atoms with van der Waals surface area (Å²) in [5.74, 6) is 6.29. The van der Waals surface area contributed by atoms with Crippen LogP contribution in [0.2, 0.25) is 0 Å². The summed E-state index contributed by atoms with van der Waals surface area (Å²) in [4.78, 5) is 17.9. The molecule has 0 bridgehead atoms. The molecule has 5 aliphatic rings. The molecule has 2 heterocycles. The topological polar surface area (TPSA) is 81.1 Å². The Morgan fingerprint density at radius 3 is 2.79 bits per heavy atom. The Hall–Kier alpha value is -1.95. The van der Waals surface area contributed by atoms with Gasteiger partial charge in [-0.2, -0.15) is 5.10 Å². The number of fused-ring (bicyclic) bond motifs is 7. The van der Waals surface area contributed by atoms with Gasteiger partial charge in [0.2, 0.25) is 5.89 Å². The van der Waals surface area contributed by atoms with Crippen LogP contribution in [0.15, 0.2) is 29.3 Å². The maximum Gasteiger partial charge on any atom is 0.229 e. The highest BCUT2D eigenvalue weighted by Gasteiger charge is 2.70. The Morgan fingerprint density at radius 2 is 1.97 bits per heavy atom. The predicted molar refractivity (Wildman–Crippen MR) is 126 cm³/mol. The van der Waals surface area contributed by atoms with Gasteiger partial charge in [0.25, 0.3) is 0 Å². The normalized spacial score (nSPS) is 46.8. The molecule has 0 unspecified atom stereocenters. The third kappa shape index (κ3) is 3.13. The summed E-state index contributed by atoms with van der Waals surface area (Å²) in [6.07, 6.45) is 16.3. The summed E-state index contributed by atoms with van der Waals surface area (Å²) < 4.78 is 7.16. The SMILES string of the molecule is C[C@@]1(O)CC[C@H]2[C@H](CC[C@@H]3[C@@H]2CC[C@@]2(C)[C@H]3[C@@H]3C[C@@H]3[C@@H]2C(=O)Cn2cc(-c3ncco3)cn2)C1. The summed E-state index contributed by atoms with van der Waals surface area (Å²) in [7, 11) is 0. The van der Waals surface area contributed by atoms with Crippen molar-refractivity contribution in [2.45, 2.75) is 77.4 Å². The van der Waals surface area contributed by atoms with E-state index in [-0.39, 0.29) is 11.3 Å². The van der Waals surface area contributed by atoms with Crippen molar-refractivity contribution in [2.24, 2.45) is 52.8 Å². The Bertz CT molecular complexity index is 1090. The molecule has 7 rings (SSSR count). The molecule has 10 atom stereocenters. The Labute approximate surface area is 201 Å². The number of rotatable bonds is 4. The van der Waals surface area contributed by atoms with Crippen LogP contribution in [0, 0.1) is 52.8 Å². The van der Waals surface area contributed by atoms with Gasteiger partial charge in [0, 0.05) is 12.1 Å². The molecule has 5 fully saturated rings. The van der Waals surface area contributed by atoms with Crippen LogP contribution >= 0.6 is 0 Å². The van der Waals surface area contributed by atoms with Gasteiger partial charge in [-0.3, -0.25) is 9.48 Å². The van der Waals surface area contributed by atoms with Crippen LogP contribution < -0.4 is 0 Å². The van der Waals surface area contributed by atoms with Crippen LogP contribution in [0.3, 0.4) is 0 Å². The van der Waals surface area contributed by atoms with E-state index in [0.29, 0.717) is 36.0 Å². The molecule has 2 aromatic rings. The molecule has 0 saturated heterocycles. The number of ketones is 1. The van der Waals surface area contributed by atoms with Crippen molar-refractivity contribution in [3.8, 4) is 11.5 Å². The molecule has 5 saturated carbocycles. The van der Waals surface area contributed by atoms with Crippen molar-refractivity contribution >= 4 is 5.78 Å². The van der Waals surface area contributed by atoms with Gasteiger partial charge in [0.15, 0.2) is 5.78 Å². The van der Waals surface area contributed by atoms with Crippen LogP contribution in [0.4, 0.5) is 0 Å². The lowest BCUT2D eigenvalue weighted by atomic mass is 9.48. The highest BCUT2D eigenvalue weighted by atomic mass is 16.3. The second kappa shape index (κ2) is 7.28. The third-order valence-electron chi connectivity index (χ3n) is 11.0. The van der Waals surface area contributed by atoms with Crippen molar-refractivity contribution < 1.29 is 14.3 Å². The molecule has 1 N–H and O–H groups in total. The predicted octanol–water partition coefficient (Wildman–Crippen LogP) is 4.98. The molecule has 0 radical (unpaired) electrons. The first-order valence-electron chi connectivity index (χ1n) is 13.5. The van der Waals surface area contributed by atoms with Crippen molar-refractivity contribution in [1.82, 2.24) is 14.8 Å². The first kappa shape index (κ1) is 21.3. The number of oxazole rings is 1. The first-order valence-corrected chi connectivity index (χ1v) is 13.5. The smallest absolute Gasteiger partial charge is 0.229 e. The lowest BCUT2D eigenvalue weighted by Crippen LogP contribution is -2.52. The van der Waals surface area contributed by atoms with E-state index in [1.54, 1.807) is 23.3 Å². The zero-order chi connectivity index (χ0) is 23.2. The molecular formula is C28H37N3O3. The molecule has 0 aromatic carbocycles. The van der Waals surface area contributed by atoms with Crippen molar-refractivity contribution in [3.63, 3.8) is 0 Å². The minimum Gasteiger partial charge on any atom is -0.444 e. The molecule has 0 aliphatic heterocycles. The van der Waals surface area contributed by atoms with E-state index in [9.17, 15) is 9.90 Å². The molecule has 182 valence electrons. The van der Waals surface area contributed by atoms with Gasteiger partial charge in [-0.15, -0.1) is 0 Å². The molecule has 34 heavy (non-hydrogen) atoms. The van der Waals surface area contributed by atoms with Crippen LogP contribution in [0.5, 0.6) is 0 Å². The Balaban J connectivity index is 1.10. The van der Waals surface area contributed by atoms with Gasteiger partial charge in [-0.05, 0) is 105 Å². The summed E-state index contributed by atoms with van der Waals surface area (Å²) >= 11 is 0. The molecular weight excluding hydrogens is 426 g/mol. The fourth-order valence-corrected chi connectivity index (χ4v) is 9.84. The number of nitrogens with zero attached hydrogens (tertiary/aromatic N) is 3. The van der Waals surface area contributed by atoms with Crippen molar-refractivity contribution in [2.75, 3.05) is 0 Å². The van der Waals surface area contributed by atoms with Crippen molar-refractivity contribution in [3.05, 3.63) is 24.9 Å². The lowest BCUT2D eigenvalue weighted by molar-refractivity contribution is -0.136. The van der Waals surface area contributed by atoms with E-state index in [2.05, 4.69) is 17.0 Å². The summed E-state index contributed by atoms with van der Waals surface area (Å²) in [5, 5.41) is 15.1. The highest BCUT2D eigenvalue weighted by molar-refractivity contribution is 5.83. The van der Waals surface area contributed by atoms with E-state index in [4.69, 9.17) is 4.42 Å². The third-order valence-corrected chi connectivity index (χ3v) is 11.0. The van der Waals surface area contributed by atoms with E-state index >= 15 is 0 Å². The minimum absolute atomic E-state index is 0.150. The molecule has 6 heteroatoms. The van der Waals surface area contributed by atoms with Gasteiger partial charge < -0.3 is 9.52 Å². The van der Waals surface area contributed by atoms with Gasteiger partial charge in [0.05, 0.1) is 30.1 Å². The van der Waals surface area contributed by atoms with E-state index < -0.39 is 5.60 Å². The first-order chi connectivity index (χ1) is 16.3. The Morgan fingerprint density at radius 1 is 1.12 bits per heavy atom. The molecule has 0 spiro atoms. The molecule has 5 aliphatic carbocycles. The summed E-state index contributed by atoms with van der Waals surface area (Å²) in [6, 6.07) is 0. The second-order valence-corrected chi connectivity index (χ2v) is 12.9. The summed E-state index contributed by atoms with van der Waals surface area (Å²) in [6.45, 7) is 4.86. The monoisotopic (exact) mass is 463 g/mol. The van der Waals surface area contributed by atoms with E-state index in [1.807, 2.05) is 13.1 Å². The second-order valence-electron chi connectivity index (χ2n) is 12.9. The van der Waals surface area contributed by atoms with Gasteiger partial charge >= 0.3 is 0 Å². The van der Waals surface area contributed by atoms with Crippen LogP contribution in [-0.4, -0.2) is 31.3 Å². The highest BCUT2D eigenvalue weighted by Crippen LogP contribution is 2.74. The average molecular weight is 464 g/mol. The quantitative estimate of drug-likeness (QED) is 0.691. The maximum absolute atomic E-state index is 13.7. The average Bonchev–Trinajstić information content (AvgIpc) is 3.17. The van der Waals surface area contributed by atoms with Gasteiger partial charge in [-0.25, -0.2) is 4.98 Å². The largest absolute Gasteiger partial charge is 0.444 e. The van der Waals surface area contributed by atoms with Crippen LogP contribution in [-0.2, 0) is 11.3 Å². The maximum atomic E-state index is 13.7. The van der Waals surface area contributed by atoms with Crippen molar-refractivity contribution in [1.29, 1.82) is 0 Å². The number of hydrogen-bond acceptors (Lipinski definition) is 5. The van der Waals surface area contributed by atoms with Gasteiger partial charge in [-0.1, -0.05) is 6.92 Å². The molecule has 0 amide bonds. The zero-order valence-corrected chi connectivity index (χ0v) is 20.4. The van der Waals surface area contributed by atoms with E-state index in [1.165, 1.54) is 38.5 Å². The number of aliphatic hydroxyl groups is 1. The fourth-order valence-electron chi connectivity index (χ4n) is 9.84. The lowest BCUT2D eigenvalue weighted by Gasteiger charge is -2.57. The number of Topliss-reactive ketones (excluding diaryl/α,β-unsaturated/α-hetero) is 1. The minimum atomic E-state index is -0.455. The van der Waals surface area contributed by atoms with Crippen LogP contribution in [0.1, 0.15) is 65.2 Å². The summed E-state index contributed by atoms with van der Waals surface area (Å²) in [5.41, 5.74) is 0.516. The number of aromatic nitrogens is 3. The van der Waals surface area contributed by atoms with Gasteiger partial charge in [0.1, 0.15) is 6.26 Å². The number of carbonyl (C=O) groups is 1. The standard InChI is InChI=1S/C28H37N3O3/c1-27(33)7-5-18-16(12-27)3-4-20-19(18)6-8-28(2)24(20)21-11-22(21)25(28)23(32)15-31-14-17(13-30-31)26-29-9-10-34-26/h9-10,13-14,16,18-22,24-25,33H,3-8,11-12,15H2,1-2H3/t16-,18+,19-,20-,21-,22+,24-,25-,27-,28+/m1/s1. The van der Waals surface area contributed by atoms with Crippen LogP contribution in [0.25, 0.3) is 11.5 Å². The Kier molecular flexibility index (Phi) is 4.57. The molecule has 2 aromatic heterocycles. The fraction of sp³-hybridized carbons (Fsp3) is 0.750. The zero-order valence-electron chi connectivity index (χ0n) is 20.4. The number of hydrogen-bond donors (Lipinski definition) is 1. The molecule has 6 nitrogen and oxygen atoms in total. The number of carbonyl (C=O) groups excluding carboxylic acids is 1.